The molecular formula is C18H15ClFN3O2. The van der Waals surface area contributed by atoms with Gasteiger partial charge >= 0.3 is 0 Å². The molecule has 3 rings (SSSR count). The van der Waals surface area contributed by atoms with Gasteiger partial charge in [-0.25, -0.2) is 9.82 Å². The van der Waals surface area contributed by atoms with E-state index in [0.29, 0.717) is 10.7 Å². The van der Waals surface area contributed by atoms with Gasteiger partial charge in [0.05, 0.1) is 12.1 Å². The van der Waals surface area contributed by atoms with E-state index >= 15 is 0 Å². The fraction of sp³-hybridized carbons (Fsp3) is 0.167. The Balaban J connectivity index is 1.59. The summed E-state index contributed by atoms with van der Waals surface area (Å²) in [5.74, 6) is -1.38. The van der Waals surface area contributed by atoms with Crippen molar-refractivity contribution in [2.24, 2.45) is 11.0 Å². The largest absolute Gasteiger partial charge is 0.312 e. The zero-order chi connectivity index (χ0) is 17.8. The van der Waals surface area contributed by atoms with Crippen molar-refractivity contribution in [2.45, 2.75) is 6.42 Å². The lowest BCUT2D eigenvalue weighted by Crippen LogP contribution is -2.30. The van der Waals surface area contributed by atoms with E-state index in [1.807, 2.05) is 0 Å². The average molecular weight is 360 g/mol. The Kier molecular flexibility index (Phi) is 5.09. The van der Waals surface area contributed by atoms with Crippen LogP contribution in [0.5, 0.6) is 0 Å². The number of rotatable bonds is 4. The van der Waals surface area contributed by atoms with Crippen molar-refractivity contribution in [3.63, 3.8) is 0 Å². The third kappa shape index (κ3) is 4.22. The van der Waals surface area contributed by atoms with Crippen LogP contribution in [-0.4, -0.2) is 24.6 Å². The zero-order valence-corrected chi connectivity index (χ0v) is 13.9. The number of nitrogens with one attached hydrogen (secondary N) is 1. The molecule has 128 valence electrons. The van der Waals surface area contributed by atoms with E-state index in [1.54, 1.807) is 24.3 Å². The number of benzene rings is 2. The molecule has 1 saturated heterocycles. The second-order valence-corrected chi connectivity index (χ2v) is 6.10. The molecule has 1 heterocycles. The zero-order valence-electron chi connectivity index (χ0n) is 13.2. The molecule has 0 saturated carbocycles. The van der Waals surface area contributed by atoms with E-state index in [-0.39, 0.29) is 30.6 Å². The lowest BCUT2D eigenvalue weighted by molar-refractivity contribution is -0.126. The number of nitrogens with zero attached hydrogens (tertiary/aromatic N) is 2. The number of carbonyl (C=O) groups is 2. The molecule has 1 atom stereocenters. The Morgan fingerprint density at radius 3 is 2.56 bits per heavy atom. The Labute approximate surface area is 149 Å². The van der Waals surface area contributed by atoms with E-state index in [2.05, 4.69) is 10.5 Å². The fourth-order valence-corrected chi connectivity index (χ4v) is 2.69. The van der Waals surface area contributed by atoms with Gasteiger partial charge in [-0.2, -0.15) is 5.10 Å². The summed E-state index contributed by atoms with van der Waals surface area (Å²) in [5.41, 5.74) is 3.82. The van der Waals surface area contributed by atoms with Crippen LogP contribution in [0.4, 0.5) is 10.1 Å². The van der Waals surface area contributed by atoms with Crippen LogP contribution >= 0.6 is 11.6 Å². The predicted octanol–water partition coefficient (Wildman–Crippen LogP) is 2.98. The number of anilines is 1. The molecule has 1 unspecified atom stereocenters. The van der Waals surface area contributed by atoms with Crippen molar-refractivity contribution in [1.29, 1.82) is 0 Å². The van der Waals surface area contributed by atoms with Crippen molar-refractivity contribution in [1.82, 2.24) is 5.43 Å². The van der Waals surface area contributed by atoms with Crippen molar-refractivity contribution >= 4 is 35.3 Å². The summed E-state index contributed by atoms with van der Waals surface area (Å²) in [7, 11) is 0. The molecule has 2 aromatic carbocycles. The normalized spacial score (nSPS) is 17.3. The van der Waals surface area contributed by atoms with E-state index in [9.17, 15) is 14.0 Å². The van der Waals surface area contributed by atoms with Gasteiger partial charge in [0.2, 0.25) is 11.8 Å². The van der Waals surface area contributed by atoms with E-state index in [0.717, 1.165) is 5.56 Å². The van der Waals surface area contributed by atoms with Gasteiger partial charge in [0.15, 0.2) is 0 Å². The number of halogens is 2. The van der Waals surface area contributed by atoms with Crippen molar-refractivity contribution in [3.8, 4) is 0 Å². The maximum absolute atomic E-state index is 13.0. The number of amides is 2. The molecule has 0 aromatic heterocycles. The number of carbonyl (C=O) groups excluding carboxylic acids is 2. The van der Waals surface area contributed by atoms with E-state index in [1.165, 1.54) is 35.4 Å². The molecule has 2 amide bonds. The molecule has 0 aliphatic carbocycles. The van der Waals surface area contributed by atoms with Gasteiger partial charge in [0.1, 0.15) is 5.82 Å². The quantitative estimate of drug-likeness (QED) is 0.674. The minimum Gasteiger partial charge on any atom is -0.312 e. The third-order valence-electron chi connectivity index (χ3n) is 3.89. The SMILES string of the molecule is O=C(NN=Cc1ccc(Cl)cc1)C1CC(=O)N(c2ccc(F)cc2)C1. The minimum absolute atomic E-state index is 0.0969. The van der Waals surface area contributed by atoms with Crippen LogP contribution in [0.2, 0.25) is 5.02 Å². The Hall–Kier alpha value is -2.73. The van der Waals surface area contributed by atoms with Gasteiger partial charge in [-0.05, 0) is 42.0 Å². The second-order valence-electron chi connectivity index (χ2n) is 5.67. The summed E-state index contributed by atoms with van der Waals surface area (Å²) in [5, 5.41) is 4.52. The maximum atomic E-state index is 13.0. The lowest BCUT2D eigenvalue weighted by Gasteiger charge is -2.16. The highest BCUT2D eigenvalue weighted by Crippen LogP contribution is 2.25. The van der Waals surface area contributed by atoms with Crippen LogP contribution in [0, 0.1) is 11.7 Å². The first-order valence-electron chi connectivity index (χ1n) is 7.67. The summed E-state index contributed by atoms with van der Waals surface area (Å²) in [6.07, 6.45) is 1.60. The summed E-state index contributed by atoms with van der Waals surface area (Å²) in [6, 6.07) is 12.6. The first kappa shape index (κ1) is 17.1. The number of hydrogen-bond acceptors (Lipinski definition) is 3. The van der Waals surface area contributed by atoms with Gasteiger partial charge in [-0.15, -0.1) is 0 Å². The Morgan fingerprint density at radius 2 is 1.88 bits per heavy atom. The monoisotopic (exact) mass is 359 g/mol. The summed E-state index contributed by atoms with van der Waals surface area (Å²) >= 11 is 5.80. The predicted molar refractivity (Wildman–Crippen MR) is 94.0 cm³/mol. The standard InChI is InChI=1S/C18H15ClFN3O2/c19-14-3-1-12(2-4-14)10-21-22-18(25)13-9-17(24)23(11-13)16-7-5-15(20)6-8-16/h1-8,10,13H,9,11H2,(H,22,25). The molecule has 0 bridgehead atoms. The van der Waals surface area contributed by atoms with Gasteiger partial charge in [-0.1, -0.05) is 23.7 Å². The molecule has 25 heavy (non-hydrogen) atoms. The van der Waals surface area contributed by atoms with E-state index in [4.69, 9.17) is 11.6 Å². The smallest absolute Gasteiger partial charge is 0.245 e. The molecule has 5 nitrogen and oxygen atoms in total. The van der Waals surface area contributed by atoms with Crippen molar-refractivity contribution in [2.75, 3.05) is 11.4 Å². The van der Waals surface area contributed by atoms with Crippen LogP contribution in [0.25, 0.3) is 0 Å². The first-order chi connectivity index (χ1) is 12.0. The first-order valence-corrected chi connectivity index (χ1v) is 8.05. The van der Waals surface area contributed by atoms with Gasteiger partial charge in [0.25, 0.3) is 0 Å². The highest BCUT2D eigenvalue weighted by atomic mass is 35.5. The third-order valence-corrected chi connectivity index (χ3v) is 4.14. The minimum atomic E-state index is -0.500. The van der Waals surface area contributed by atoms with Gasteiger partial charge in [-0.3, -0.25) is 9.59 Å². The molecular weight excluding hydrogens is 345 g/mol. The van der Waals surface area contributed by atoms with Crippen LogP contribution < -0.4 is 10.3 Å². The van der Waals surface area contributed by atoms with Crippen LogP contribution in [0.1, 0.15) is 12.0 Å². The van der Waals surface area contributed by atoms with Gasteiger partial charge < -0.3 is 4.90 Å². The second kappa shape index (κ2) is 7.44. The van der Waals surface area contributed by atoms with Crippen LogP contribution in [0.15, 0.2) is 53.6 Å². The fourth-order valence-electron chi connectivity index (χ4n) is 2.56. The van der Waals surface area contributed by atoms with Crippen LogP contribution in [0.3, 0.4) is 0 Å². The Morgan fingerprint density at radius 1 is 1.20 bits per heavy atom. The summed E-state index contributed by atoms with van der Waals surface area (Å²) in [6.45, 7) is 0.243. The molecule has 0 radical (unpaired) electrons. The molecule has 1 fully saturated rings. The summed E-state index contributed by atoms with van der Waals surface area (Å²) < 4.78 is 13.0. The molecule has 1 N–H and O–H groups in total. The maximum Gasteiger partial charge on any atom is 0.245 e. The molecule has 1 aliphatic rings. The highest BCUT2D eigenvalue weighted by Gasteiger charge is 2.35. The van der Waals surface area contributed by atoms with Crippen molar-refractivity contribution < 1.29 is 14.0 Å². The van der Waals surface area contributed by atoms with Crippen molar-refractivity contribution in [3.05, 3.63) is 64.9 Å². The van der Waals surface area contributed by atoms with Gasteiger partial charge in [0, 0.05) is 23.7 Å². The molecule has 7 heteroatoms. The van der Waals surface area contributed by atoms with E-state index < -0.39 is 5.92 Å². The number of hydrogen-bond donors (Lipinski definition) is 1. The molecule has 0 spiro atoms. The average Bonchev–Trinajstić information content (AvgIpc) is 2.99. The lowest BCUT2D eigenvalue weighted by atomic mass is 10.1. The molecule has 2 aromatic rings. The topological polar surface area (TPSA) is 61.8 Å². The van der Waals surface area contributed by atoms with Crippen LogP contribution in [-0.2, 0) is 9.59 Å². The Bertz CT molecular complexity index is 806. The molecule has 1 aliphatic heterocycles. The summed E-state index contributed by atoms with van der Waals surface area (Å²) in [4.78, 5) is 25.8. The number of hydrazone groups is 1. The highest BCUT2D eigenvalue weighted by molar-refractivity contribution is 6.30.